The fourth-order valence-corrected chi connectivity index (χ4v) is 7.37. The van der Waals surface area contributed by atoms with E-state index in [0.717, 1.165) is 20.4 Å². The number of amides is 7. The molecule has 2 fully saturated rings. The van der Waals surface area contributed by atoms with Crippen LogP contribution in [-0.2, 0) is 40.0 Å². The van der Waals surface area contributed by atoms with Gasteiger partial charge in [0.2, 0.25) is 41.4 Å². The van der Waals surface area contributed by atoms with Crippen molar-refractivity contribution in [2.75, 3.05) is 31.1 Å². The summed E-state index contributed by atoms with van der Waals surface area (Å²) in [6.07, 6.45) is -1.10. The summed E-state index contributed by atoms with van der Waals surface area (Å²) in [5.41, 5.74) is 10.3. The van der Waals surface area contributed by atoms with Crippen molar-refractivity contribution in [2.24, 2.45) is 16.9 Å². The quantitative estimate of drug-likeness (QED) is 0.158. The third-order valence-corrected chi connectivity index (χ3v) is 10.1. The van der Waals surface area contributed by atoms with Gasteiger partial charge in [0.25, 0.3) is 0 Å². The average molecular weight is 762 g/mol. The van der Waals surface area contributed by atoms with Gasteiger partial charge in [-0.05, 0) is 33.5 Å². The van der Waals surface area contributed by atoms with Gasteiger partial charge in [0.1, 0.15) is 30.2 Å². The summed E-state index contributed by atoms with van der Waals surface area (Å²) in [5, 5.41) is 23.2. The Morgan fingerprint density at radius 2 is 1.70 bits per heavy atom. The maximum Gasteiger partial charge on any atom is 0.246 e. The number of thiophene rings is 1. The molecule has 1 aromatic rings. The first kappa shape index (κ1) is 38.2. The van der Waals surface area contributed by atoms with Gasteiger partial charge >= 0.3 is 0 Å². The van der Waals surface area contributed by atoms with Gasteiger partial charge < -0.3 is 48.1 Å². The fourth-order valence-electron chi connectivity index (χ4n) is 4.97. The topological polar surface area (TPSA) is 255 Å². The molecular formula is C28H41BrN8O8S2. The Morgan fingerprint density at radius 3 is 2.30 bits per heavy atom. The van der Waals surface area contributed by atoms with Crippen molar-refractivity contribution in [3.8, 4) is 0 Å². The second kappa shape index (κ2) is 16.7. The van der Waals surface area contributed by atoms with Crippen LogP contribution in [0.2, 0.25) is 0 Å². The van der Waals surface area contributed by atoms with E-state index in [9.17, 15) is 38.7 Å². The fraction of sp³-hybridized carbons (Fsp3) is 0.607. The molecule has 10 N–H and O–H groups in total. The van der Waals surface area contributed by atoms with Gasteiger partial charge in [-0.15, -0.1) is 23.1 Å². The summed E-state index contributed by atoms with van der Waals surface area (Å²) in [6, 6.07) is -2.42. The summed E-state index contributed by atoms with van der Waals surface area (Å²) in [6.45, 7) is 4.09. The highest BCUT2D eigenvalue weighted by Crippen LogP contribution is 2.27. The molecule has 2 aliphatic rings. The lowest BCUT2D eigenvalue weighted by Gasteiger charge is -2.35. The molecule has 0 bridgehead atoms. The molecule has 1 aromatic heterocycles. The normalized spacial score (nSPS) is 27.8. The third-order valence-electron chi connectivity index (χ3n) is 7.44. The van der Waals surface area contributed by atoms with Crippen LogP contribution >= 0.6 is 39.0 Å². The molecular weight excluding hydrogens is 720 g/mol. The maximum absolute atomic E-state index is 13.9. The molecule has 0 aromatic carbocycles. The van der Waals surface area contributed by atoms with Crippen LogP contribution in [0, 0.1) is 5.41 Å². The predicted octanol–water partition coefficient (Wildman–Crippen LogP) is -2.69. The lowest BCUT2D eigenvalue weighted by atomic mass is 9.85. The monoisotopic (exact) mass is 760 g/mol. The van der Waals surface area contributed by atoms with Gasteiger partial charge in [-0.3, -0.25) is 33.6 Å². The standard InChI is InChI=1S/C28H41BrN8O8S2/c1-28(2,3)22-27(45)37-10-13(38)6-18(37)26(44)34-15(7-14-4-5-19(29)47-14)24(42)32-9-20(39)33-16(8-30)25(43)35-17(23(31)41)11-46-12-21(40)36-22/h4-5,13,15-18,22,38H,6-12,30H2,1-3H3,(H2,31,41)(H,32,42)(H,33,39)(H,34,44)(H,35,43)(H,36,40)/t13-,15+,16-,17-,18+,22-/m1/s1. The number of aliphatic hydroxyl groups excluding tert-OH is 1. The van der Waals surface area contributed by atoms with Gasteiger partial charge in [0.15, 0.2) is 0 Å². The van der Waals surface area contributed by atoms with Crippen LogP contribution in [0.25, 0.3) is 0 Å². The van der Waals surface area contributed by atoms with E-state index in [1.165, 1.54) is 16.2 Å². The number of aliphatic hydroxyl groups is 1. The van der Waals surface area contributed by atoms with Crippen molar-refractivity contribution in [1.29, 1.82) is 0 Å². The Balaban J connectivity index is 1.96. The first-order chi connectivity index (χ1) is 22.0. The second-order valence-corrected chi connectivity index (χ2v) is 15.9. The SMILES string of the molecule is CC(C)(C)[C@@H]1NC(=O)CSC[C@H](C(N)=O)NC(=O)[C@@H](CN)NC(=O)CNC(=O)[C@H](Cc2ccc(Br)s2)NC(=O)[C@@H]2C[C@@H](O)CN2C1=O. The van der Waals surface area contributed by atoms with E-state index < -0.39 is 89.6 Å². The zero-order valence-electron chi connectivity index (χ0n) is 26.2. The molecule has 0 spiro atoms. The Labute approximate surface area is 288 Å². The maximum atomic E-state index is 13.9. The molecule has 3 rings (SSSR count). The molecule has 0 unspecified atom stereocenters. The minimum absolute atomic E-state index is 0.0410. The lowest BCUT2D eigenvalue weighted by molar-refractivity contribution is -0.144. The summed E-state index contributed by atoms with van der Waals surface area (Å²) in [7, 11) is 0. The Kier molecular flexibility index (Phi) is 13.6. The number of nitrogens with zero attached hydrogens (tertiary/aromatic N) is 1. The average Bonchev–Trinajstić information content (AvgIpc) is 3.59. The number of nitrogens with one attached hydrogen (secondary N) is 5. The Bertz CT molecular complexity index is 1370. The molecule has 2 saturated heterocycles. The van der Waals surface area contributed by atoms with Crippen molar-refractivity contribution >= 4 is 80.4 Å². The number of hydrogen-bond donors (Lipinski definition) is 8. The molecule has 47 heavy (non-hydrogen) atoms. The highest BCUT2D eigenvalue weighted by molar-refractivity contribution is 9.11. The highest BCUT2D eigenvalue weighted by atomic mass is 79.9. The van der Waals surface area contributed by atoms with Crippen molar-refractivity contribution in [3.05, 3.63) is 20.8 Å². The van der Waals surface area contributed by atoms with Gasteiger partial charge in [-0.25, -0.2) is 0 Å². The summed E-state index contributed by atoms with van der Waals surface area (Å²) >= 11 is 5.67. The van der Waals surface area contributed by atoms with Crippen LogP contribution in [-0.4, -0.2) is 119 Å². The zero-order valence-corrected chi connectivity index (χ0v) is 29.4. The number of halogens is 1. The predicted molar refractivity (Wildman–Crippen MR) is 178 cm³/mol. The molecule has 0 saturated carbocycles. The molecule has 7 amide bonds. The van der Waals surface area contributed by atoms with Crippen LogP contribution in [0.15, 0.2) is 15.9 Å². The lowest BCUT2D eigenvalue weighted by Crippen LogP contribution is -2.59. The molecule has 6 atom stereocenters. The van der Waals surface area contributed by atoms with E-state index in [1.807, 2.05) is 0 Å². The van der Waals surface area contributed by atoms with E-state index in [0.29, 0.717) is 0 Å². The van der Waals surface area contributed by atoms with E-state index in [-0.39, 0.29) is 37.4 Å². The highest BCUT2D eigenvalue weighted by Gasteiger charge is 2.45. The van der Waals surface area contributed by atoms with Crippen LogP contribution in [0.4, 0.5) is 0 Å². The van der Waals surface area contributed by atoms with E-state index >= 15 is 0 Å². The van der Waals surface area contributed by atoms with Crippen molar-refractivity contribution in [1.82, 2.24) is 31.5 Å². The van der Waals surface area contributed by atoms with Gasteiger partial charge in [-0.2, -0.15) is 0 Å². The van der Waals surface area contributed by atoms with Gasteiger partial charge in [0.05, 0.1) is 22.2 Å². The van der Waals surface area contributed by atoms with Crippen LogP contribution in [0.3, 0.4) is 0 Å². The number of primary amides is 1. The second-order valence-electron chi connectivity index (χ2n) is 12.3. The number of thioether (sulfide) groups is 1. The van der Waals surface area contributed by atoms with Gasteiger partial charge in [-0.1, -0.05) is 20.8 Å². The Morgan fingerprint density at radius 1 is 1.00 bits per heavy atom. The molecule has 2 aliphatic heterocycles. The minimum Gasteiger partial charge on any atom is -0.391 e. The van der Waals surface area contributed by atoms with Crippen molar-refractivity contribution in [2.45, 2.75) is 69.9 Å². The molecule has 260 valence electrons. The number of nitrogens with two attached hydrogens (primary N) is 2. The van der Waals surface area contributed by atoms with Gasteiger partial charge in [0, 0.05) is 36.6 Å². The smallest absolute Gasteiger partial charge is 0.246 e. The third kappa shape index (κ3) is 10.9. The number of hydrogen-bond acceptors (Lipinski definition) is 11. The number of fused-ring (bicyclic) bond motifs is 1. The molecule has 0 radical (unpaired) electrons. The first-order valence-electron chi connectivity index (χ1n) is 14.8. The van der Waals surface area contributed by atoms with Crippen molar-refractivity contribution in [3.63, 3.8) is 0 Å². The summed E-state index contributed by atoms with van der Waals surface area (Å²) in [5.74, 6) is -5.37. The first-order valence-corrected chi connectivity index (χ1v) is 17.5. The van der Waals surface area contributed by atoms with Crippen LogP contribution < -0.4 is 38.1 Å². The minimum atomic E-state index is -1.28. The summed E-state index contributed by atoms with van der Waals surface area (Å²) < 4.78 is 0.787. The summed E-state index contributed by atoms with van der Waals surface area (Å²) in [4.78, 5) is 93.5. The number of rotatable bonds is 4. The van der Waals surface area contributed by atoms with E-state index in [1.54, 1.807) is 32.9 Å². The number of carbonyl (C=O) groups is 7. The molecule has 16 nitrogen and oxygen atoms in total. The molecule has 3 heterocycles. The van der Waals surface area contributed by atoms with Crippen LogP contribution in [0.5, 0.6) is 0 Å². The van der Waals surface area contributed by atoms with E-state index in [4.69, 9.17) is 11.5 Å². The number of carbonyl (C=O) groups excluding carboxylic acids is 7. The zero-order chi connectivity index (χ0) is 35.1. The largest absolute Gasteiger partial charge is 0.391 e. The van der Waals surface area contributed by atoms with Crippen LogP contribution in [0.1, 0.15) is 32.1 Å². The van der Waals surface area contributed by atoms with E-state index in [2.05, 4.69) is 42.5 Å². The Hall–Kier alpha value is -3.26. The molecule has 0 aliphatic carbocycles. The molecule has 19 heteroatoms. The van der Waals surface area contributed by atoms with Crippen molar-refractivity contribution < 1.29 is 38.7 Å².